The first kappa shape index (κ1) is 16.1. The van der Waals surface area contributed by atoms with Gasteiger partial charge in [0.1, 0.15) is 5.03 Å². The van der Waals surface area contributed by atoms with E-state index in [-0.39, 0.29) is 5.91 Å². The number of nitrogens with zero attached hydrogens (tertiary/aromatic N) is 1. The van der Waals surface area contributed by atoms with Crippen LogP contribution in [0.15, 0.2) is 35.0 Å². The van der Waals surface area contributed by atoms with Crippen molar-refractivity contribution in [2.45, 2.75) is 50.5 Å². The maximum atomic E-state index is 12.3. The van der Waals surface area contributed by atoms with Crippen molar-refractivity contribution in [2.24, 2.45) is 0 Å². The number of carbonyl (C=O) groups is 1. The molecule has 0 atom stereocenters. The topological polar surface area (TPSA) is 42.0 Å². The van der Waals surface area contributed by atoms with Crippen LogP contribution in [-0.2, 0) is 0 Å². The molecule has 0 aliphatic heterocycles. The van der Waals surface area contributed by atoms with Gasteiger partial charge in [0.15, 0.2) is 0 Å². The second-order valence-electron chi connectivity index (χ2n) is 5.32. The van der Waals surface area contributed by atoms with Crippen LogP contribution in [0.3, 0.4) is 0 Å². The van der Waals surface area contributed by atoms with Gasteiger partial charge in [-0.1, -0.05) is 18.6 Å². The Morgan fingerprint density at radius 3 is 3.10 bits per heavy atom. The molecule has 0 radical (unpaired) electrons. The first-order chi connectivity index (χ1) is 10.3. The molecular weight excluding hydrogens is 280 g/mol. The normalized spacial score (nSPS) is 14.6. The number of hydrogen-bond acceptors (Lipinski definition) is 3. The fraction of sp³-hybridized carbons (Fsp3) is 0.529. The Morgan fingerprint density at radius 1 is 1.43 bits per heavy atom. The van der Waals surface area contributed by atoms with Gasteiger partial charge in [-0.15, -0.1) is 11.8 Å². The molecule has 114 valence electrons. The highest BCUT2D eigenvalue weighted by Gasteiger charge is 2.12. The van der Waals surface area contributed by atoms with Crippen molar-refractivity contribution in [3.8, 4) is 0 Å². The maximum absolute atomic E-state index is 12.3. The predicted molar refractivity (Wildman–Crippen MR) is 88.8 cm³/mol. The molecular formula is C17H24N2OS. The van der Waals surface area contributed by atoms with Crippen molar-refractivity contribution in [3.05, 3.63) is 35.5 Å². The van der Waals surface area contributed by atoms with E-state index in [1.807, 2.05) is 12.1 Å². The Bertz CT molecular complexity index is 499. The van der Waals surface area contributed by atoms with Crippen LogP contribution in [0.2, 0.25) is 0 Å². The Labute approximate surface area is 131 Å². The molecule has 1 aromatic rings. The molecule has 4 heteroatoms. The molecule has 1 aromatic heterocycles. The molecule has 0 fully saturated rings. The Hall–Kier alpha value is -1.29. The summed E-state index contributed by atoms with van der Waals surface area (Å²) in [5, 5.41) is 3.87. The van der Waals surface area contributed by atoms with Gasteiger partial charge in [-0.25, -0.2) is 4.98 Å². The Morgan fingerprint density at radius 2 is 2.33 bits per heavy atom. The molecule has 1 heterocycles. The third kappa shape index (κ3) is 5.20. The highest BCUT2D eigenvalue weighted by Crippen LogP contribution is 2.21. The summed E-state index contributed by atoms with van der Waals surface area (Å²) in [5.41, 5.74) is 2.20. The first-order valence-corrected chi connectivity index (χ1v) is 8.83. The lowest BCUT2D eigenvalue weighted by Gasteiger charge is -2.13. The summed E-state index contributed by atoms with van der Waals surface area (Å²) in [6.45, 7) is 2.85. The van der Waals surface area contributed by atoms with Gasteiger partial charge in [-0.05, 0) is 56.4 Å². The molecule has 1 aliphatic rings. The van der Waals surface area contributed by atoms with Gasteiger partial charge in [-0.3, -0.25) is 4.79 Å². The number of pyridine rings is 1. The molecule has 0 saturated heterocycles. The lowest BCUT2D eigenvalue weighted by atomic mass is 9.97. The van der Waals surface area contributed by atoms with Crippen molar-refractivity contribution < 1.29 is 4.79 Å². The maximum Gasteiger partial charge on any atom is 0.254 e. The van der Waals surface area contributed by atoms with E-state index in [1.54, 1.807) is 18.0 Å². The standard InChI is InChI=1S/C17H24N2OS/c1-2-13-21-17-15(9-6-11-19-17)16(20)18-12-10-14-7-4-3-5-8-14/h6-7,9,11H,2-5,8,10,12-13H2,1H3,(H,18,20). The van der Waals surface area contributed by atoms with E-state index in [2.05, 4.69) is 23.3 Å². The summed E-state index contributed by atoms with van der Waals surface area (Å²) in [7, 11) is 0. The van der Waals surface area contributed by atoms with E-state index in [1.165, 1.54) is 31.3 Å². The second-order valence-corrected chi connectivity index (χ2v) is 6.40. The average Bonchev–Trinajstić information content (AvgIpc) is 2.54. The van der Waals surface area contributed by atoms with E-state index >= 15 is 0 Å². The molecule has 1 amide bonds. The second kappa shape index (κ2) is 8.88. The van der Waals surface area contributed by atoms with Crippen molar-refractivity contribution in [1.82, 2.24) is 10.3 Å². The van der Waals surface area contributed by atoms with Gasteiger partial charge in [0.25, 0.3) is 5.91 Å². The van der Waals surface area contributed by atoms with Crippen molar-refractivity contribution in [3.63, 3.8) is 0 Å². The lowest BCUT2D eigenvalue weighted by molar-refractivity contribution is 0.0950. The predicted octanol–water partition coefficient (Wildman–Crippen LogP) is 4.20. The number of allylic oxidation sites excluding steroid dienone is 1. The zero-order chi connectivity index (χ0) is 14.9. The third-order valence-electron chi connectivity index (χ3n) is 3.58. The summed E-state index contributed by atoms with van der Waals surface area (Å²) in [6, 6.07) is 3.69. The molecule has 1 aliphatic carbocycles. The summed E-state index contributed by atoms with van der Waals surface area (Å²) < 4.78 is 0. The van der Waals surface area contributed by atoms with Crippen LogP contribution in [0.4, 0.5) is 0 Å². The van der Waals surface area contributed by atoms with Crippen molar-refractivity contribution in [1.29, 1.82) is 0 Å². The summed E-state index contributed by atoms with van der Waals surface area (Å²) in [4.78, 5) is 16.6. The minimum absolute atomic E-state index is 0.00175. The summed E-state index contributed by atoms with van der Waals surface area (Å²) >= 11 is 1.65. The zero-order valence-electron chi connectivity index (χ0n) is 12.7. The average molecular weight is 304 g/mol. The van der Waals surface area contributed by atoms with Crippen LogP contribution in [0.1, 0.15) is 55.8 Å². The van der Waals surface area contributed by atoms with Gasteiger partial charge in [0, 0.05) is 12.7 Å². The van der Waals surface area contributed by atoms with Crippen LogP contribution >= 0.6 is 11.8 Å². The molecule has 2 rings (SSSR count). The van der Waals surface area contributed by atoms with Gasteiger partial charge in [-0.2, -0.15) is 0 Å². The van der Waals surface area contributed by atoms with Crippen molar-refractivity contribution in [2.75, 3.05) is 12.3 Å². The van der Waals surface area contributed by atoms with E-state index in [0.29, 0.717) is 5.56 Å². The molecule has 0 spiro atoms. The molecule has 0 aromatic carbocycles. The molecule has 0 saturated carbocycles. The molecule has 3 nitrogen and oxygen atoms in total. The monoisotopic (exact) mass is 304 g/mol. The van der Waals surface area contributed by atoms with E-state index in [0.717, 1.165) is 30.2 Å². The first-order valence-electron chi connectivity index (χ1n) is 7.85. The highest BCUT2D eigenvalue weighted by atomic mass is 32.2. The number of amides is 1. The molecule has 21 heavy (non-hydrogen) atoms. The van der Waals surface area contributed by atoms with Gasteiger partial charge in [0.05, 0.1) is 5.56 Å². The zero-order valence-corrected chi connectivity index (χ0v) is 13.5. The van der Waals surface area contributed by atoms with Crippen LogP contribution in [0, 0.1) is 0 Å². The van der Waals surface area contributed by atoms with Crippen LogP contribution in [-0.4, -0.2) is 23.2 Å². The SMILES string of the molecule is CCCSc1ncccc1C(=O)NCCC1=CCCCC1. The van der Waals surface area contributed by atoms with Gasteiger partial charge >= 0.3 is 0 Å². The number of aromatic nitrogens is 1. The fourth-order valence-electron chi connectivity index (χ4n) is 2.44. The number of thioether (sulfide) groups is 1. The minimum Gasteiger partial charge on any atom is -0.352 e. The van der Waals surface area contributed by atoms with Gasteiger partial charge in [0.2, 0.25) is 0 Å². The Balaban J connectivity index is 1.86. The number of carbonyl (C=O) groups excluding carboxylic acids is 1. The number of nitrogens with one attached hydrogen (secondary N) is 1. The van der Waals surface area contributed by atoms with Crippen LogP contribution in [0.25, 0.3) is 0 Å². The third-order valence-corrected chi connectivity index (χ3v) is 4.79. The van der Waals surface area contributed by atoms with Crippen molar-refractivity contribution >= 4 is 17.7 Å². The van der Waals surface area contributed by atoms with Gasteiger partial charge < -0.3 is 5.32 Å². The van der Waals surface area contributed by atoms with E-state index in [9.17, 15) is 4.79 Å². The van der Waals surface area contributed by atoms with E-state index < -0.39 is 0 Å². The molecule has 0 bridgehead atoms. The number of rotatable bonds is 7. The lowest BCUT2D eigenvalue weighted by Crippen LogP contribution is -2.25. The van der Waals surface area contributed by atoms with E-state index in [4.69, 9.17) is 0 Å². The van der Waals surface area contributed by atoms with Crippen LogP contribution < -0.4 is 5.32 Å². The fourth-order valence-corrected chi connectivity index (χ4v) is 3.29. The molecule has 1 N–H and O–H groups in total. The Kier molecular flexibility index (Phi) is 6.80. The number of hydrogen-bond donors (Lipinski definition) is 1. The minimum atomic E-state index is -0.00175. The molecule has 0 unspecified atom stereocenters. The summed E-state index contributed by atoms with van der Waals surface area (Å²) in [6.07, 6.45) is 11.1. The largest absolute Gasteiger partial charge is 0.352 e. The highest BCUT2D eigenvalue weighted by molar-refractivity contribution is 7.99. The quantitative estimate of drug-likeness (QED) is 0.606. The van der Waals surface area contributed by atoms with Crippen LogP contribution in [0.5, 0.6) is 0 Å². The summed E-state index contributed by atoms with van der Waals surface area (Å²) in [5.74, 6) is 0.989. The smallest absolute Gasteiger partial charge is 0.254 e.